The largest absolute Gasteiger partial charge is 0.353 e. The molecule has 1 aliphatic rings. The zero-order valence-electron chi connectivity index (χ0n) is 11.2. The van der Waals surface area contributed by atoms with Gasteiger partial charge in [-0.05, 0) is 17.7 Å². The standard InChI is InChI=1S/C13H17BrClNO2S2/c1-2-20(17,18)13-9-19-6-5-16(13)11-4-3-10(8-14)12(15)7-11/h3-4,7,13H,2,5-6,8-9H2,1H3. The van der Waals surface area contributed by atoms with Gasteiger partial charge < -0.3 is 4.90 Å². The van der Waals surface area contributed by atoms with E-state index in [1.165, 1.54) is 0 Å². The molecule has 1 aromatic rings. The van der Waals surface area contributed by atoms with Crippen molar-refractivity contribution in [3.05, 3.63) is 28.8 Å². The van der Waals surface area contributed by atoms with Gasteiger partial charge in [0.2, 0.25) is 0 Å². The van der Waals surface area contributed by atoms with Gasteiger partial charge >= 0.3 is 0 Å². The Labute approximate surface area is 138 Å². The number of thioether (sulfide) groups is 1. The normalized spacial score (nSPS) is 20.1. The highest BCUT2D eigenvalue weighted by atomic mass is 79.9. The molecule has 0 aromatic heterocycles. The van der Waals surface area contributed by atoms with Crippen molar-refractivity contribution in [3.8, 4) is 0 Å². The quantitative estimate of drug-likeness (QED) is 0.727. The highest BCUT2D eigenvalue weighted by Crippen LogP contribution is 2.31. The molecule has 2 rings (SSSR count). The summed E-state index contributed by atoms with van der Waals surface area (Å²) in [5.74, 6) is 1.73. The summed E-state index contributed by atoms with van der Waals surface area (Å²) in [4.78, 5) is 1.97. The molecule has 3 nitrogen and oxygen atoms in total. The summed E-state index contributed by atoms with van der Waals surface area (Å²) in [7, 11) is -3.09. The average molecular weight is 399 g/mol. The monoisotopic (exact) mass is 397 g/mol. The maximum atomic E-state index is 12.3. The summed E-state index contributed by atoms with van der Waals surface area (Å²) in [5, 5.41) is 0.918. The van der Waals surface area contributed by atoms with Crippen molar-refractivity contribution in [2.45, 2.75) is 17.6 Å². The molecule has 0 spiro atoms. The van der Waals surface area contributed by atoms with Crippen LogP contribution in [0, 0.1) is 0 Å². The third-order valence-electron chi connectivity index (χ3n) is 3.41. The Bertz CT molecular complexity index is 580. The van der Waals surface area contributed by atoms with Gasteiger partial charge in [-0.2, -0.15) is 11.8 Å². The number of anilines is 1. The fourth-order valence-electron chi connectivity index (χ4n) is 2.19. The highest BCUT2D eigenvalue weighted by molar-refractivity contribution is 9.08. The molecule has 1 saturated heterocycles. The molecule has 1 fully saturated rings. The Hall–Kier alpha value is 0.0900. The lowest BCUT2D eigenvalue weighted by molar-refractivity contribution is 0.579. The van der Waals surface area contributed by atoms with Crippen molar-refractivity contribution in [1.82, 2.24) is 0 Å². The van der Waals surface area contributed by atoms with Gasteiger partial charge in [0.15, 0.2) is 9.84 Å². The molecule has 7 heteroatoms. The van der Waals surface area contributed by atoms with Crippen molar-refractivity contribution in [2.24, 2.45) is 0 Å². The van der Waals surface area contributed by atoms with Gasteiger partial charge in [-0.3, -0.25) is 0 Å². The highest BCUT2D eigenvalue weighted by Gasteiger charge is 2.33. The molecule has 0 radical (unpaired) electrons. The fraction of sp³-hybridized carbons (Fsp3) is 0.538. The second kappa shape index (κ2) is 6.90. The molecule has 0 N–H and O–H groups in total. The van der Waals surface area contributed by atoms with Crippen LogP contribution in [0.5, 0.6) is 0 Å². The van der Waals surface area contributed by atoms with E-state index in [2.05, 4.69) is 15.9 Å². The van der Waals surface area contributed by atoms with Crippen LogP contribution in [-0.2, 0) is 15.2 Å². The molecular weight excluding hydrogens is 382 g/mol. The van der Waals surface area contributed by atoms with Crippen LogP contribution in [0.3, 0.4) is 0 Å². The Balaban J connectivity index is 2.35. The van der Waals surface area contributed by atoms with Gasteiger partial charge in [0, 0.05) is 39.8 Å². The third kappa shape index (κ3) is 3.46. The molecule has 0 saturated carbocycles. The van der Waals surface area contributed by atoms with E-state index in [1.807, 2.05) is 23.1 Å². The minimum Gasteiger partial charge on any atom is -0.353 e. The lowest BCUT2D eigenvalue weighted by Gasteiger charge is -2.36. The number of hydrogen-bond acceptors (Lipinski definition) is 4. The van der Waals surface area contributed by atoms with Crippen LogP contribution in [-0.4, -0.2) is 37.6 Å². The molecule has 20 heavy (non-hydrogen) atoms. The van der Waals surface area contributed by atoms with E-state index in [1.54, 1.807) is 18.7 Å². The van der Waals surface area contributed by atoms with E-state index in [4.69, 9.17) is 11.6 Å². The molecule has 0 amide bonds. The molecule has 0 aliphatic carbocycles. The zero-order chi connectivity index (χ0) is 14.8. The van der Waals surface area contributed by atoms with Crippen molar-refractivity contribution in [1.29, 1.82) is 0 Å². The third-order valence-corrected chi connectivity index (χ3v) is 7.66. The number of nitrogens with zero attached hydrogens (tertiary/aromatic N) is 1. The molecule has 112 valence electrons. The first-order chi connectivity index (χ1) is 9.49. The minimum absolute atomic E-state index is 0.169. The maximum absolute atomic E-state index is 12.3. The van der Waals surface area contributed by atoms with E-state index in [9.17, 15) is 8.42 Å². The number of hydrogen-bond donors (Lipinski definition) is 0. The van der Waals surface area contributed by atoms with Crippen LogP contribution in [0.4, 0.5) is 5.69 Å². The summed E-state index contributed by atoms with van der Waals surface area (Å²) in [6.45, 7) is 2.44. The summed E-state index contributed by atoms with van der Waals surface area (Å²) in [6.07, 6.45) is 0. The Morgan fingerprint density at radius 2 is 2.25 bits per heavy atom. The van der Waals surface area contributed by atoms with E-state index in [0.717, 1.165) is 23.5 Å². The minimum atomic E-state index is -3.09. The lowest BCUT2D eigenvalue weighted by atomic mass is 10.2. The number of sulfone groups is 1. The summed E-state index contributed by atoms with van der Waals surface area (Å²) in [6, 6.07) is 5.77. The van der Waals surface area contributed by atoms with Crippen LogP contribution in [0.15, 0.2) is 18.2 Å². The van der Waals surface area contributed by atoms with Crippen LogP contribution in [0.2, 0.25) is 5.02 Å². The topological polar surface area (TPSA) is 37.4 Å². The van der Waals surface area contributed by atoms with Crippen LogP contribution in [0.25, 0.3) is 0 Å². The van der Waals surface area contributed by atoms with Gasteiger partial charge in [-0.25, -0.2) is 8.42 Å². The number of alkyl halides is 1. The second-order valence-electron chi connectivity index (χ2n) is 4.58. The molecule has 1 atom stereocenters. The van der Waals surface area contributed by atoms with Gasteiger partial charge in [-0.15, -0.1) is 0 Å². The van der Waals surface area contributed by atoms with Crippen molar-refractivity contribution in [2.75, 3.05) is 28.7 Å². The lowest BCUT2D eigenvalue weighted by Crippen LogP contribution is -2.48. The molecule has 1 heterocycles. The first kappa shape index (κ1) is 16.5. The first-order valence-corrected chi connectivity index (χ1v) is 10.8. The van der Waals surface area contributed by atoms with Gasteiger partial charge in [0.25, 0.3) is 0 Å². The Morgan fingerprint density at radius 3 is 2.85 bits per heavy atom. The van der Waals surface area contributed by atoms with Gasteiger partial charge in [-0.1, -0.05) is 40.5 Å². The van der Waals surface area contributed by atoms with E-state index >= 15 is 0 Å². The summed E-state index contributed by atoms with van der Waals surface area (Å²) in [5.41, 5.74) is 1.90. The number of rotatable bonds is 4. The predicted octanol–water partition coefficient (Wildman–Crippen LogP) is 3.55. The Morgan fingerprint density at radius 1 is 1.50 bits per heavy atom. The maximum Gasteiger partial charge on any atom is 0.171 e. The molecule has 1 unspecified atom stereocenters. The second-order valence-corrected chi connectivity index (χ2v) is 9.15. The van der Waals surface area contributed by atoms with Crippen LogP contribution < -0.4 is 4.90 Å². The predicted molar refractivity (Wildman–Crippen MR) is 92.0 cm³/mol. The molecular formula is C13H17BrClNO2S2. The first-order valence-electron chi connectivity index (χ1n) is 6.40. The van der Waals surface area contributed by atoms with E-state index < -0.39 is 15.2 Å². The van der Waals surface area contributed by atoms with Crippen LogP contribution >= 0.6 is 39.3 Å². The summed E-state index contributed by atoms with van der Waals surface area (Å²) >= 11 is 11.3. The average Bonchev–Trinajstić information content (AvgIpc) is 2.47. The van der Waals surface area contributed by atoms with Gasteiger partial charge in [0.05, 0.1) is 0 Å². The molecule has 1 aromatic carbocycles. The van der Waals surface area contributed by atoms with Gasteiger partial charge in [0.1, 0.15) is 5.37 Å². The zero-order valence-corrected chi connectivity index (χ0v) is 15.2. The van der Waals surface area contributed by atoms with Crippen molar-refractivity contribution < 1.29 is 8.42 Å². The van der Waals surface area contributed by atoms with E-state index in [-0.39, 0.29) is 5.75 Å². The molecule has 1 aliphatic heterocycles. The summed E-state index contributed by atoms with van der Waals surface area (Å²) < 4.78 is 24.5. The number of benzene rings is 1. The smallest absolute Gasteiger partial charge is 0.171 e. The fourth-order valence-corrected chi connectivity index (χ4v) is 6.07. The van der Waals surface area contributed by atoms with Crippen molar-refractivity contribution in [3.63, 3.8) is 0 Å². The van der Waals surface area contributed by atoms with E-state index in [0.29, 0.717) is 16.1 Å². The van der Waals surface area contributed by atoms with Crippen LogP contribution in [0.1, 0.15) is 12.5 Å². The SMILES string of the molecule is CCS(=O)(=O)C1CSCCN1c1ccc(CBr)c(Cl)c1. The van der Waals surface area contributed by atoms with Crippen molar-refractivity contribution >= 4 is 54.8 Å². The molecule has 0 bridgehead atoms. The Kier molecular flexibility index (Phi) is 5.68. The number of halogens is 2.